The Balaban J connectivity index is 2.06. The molecule has 2 rings (SSSR count). The van der Waals surface area contributed by atoms with E-state index in [4.69, 9.17) is 0 Å². The van der Waals surface area contributed by atoms with Gasteiger partial charge in [0.15, 0.2) is 0 Å². The van der Waals surface area contributed by atoms with E-state index in [2.05, 4.69) is 5.32 Å². The Bertz CT molecular complexity index is 576. The number of benzene rings is 1. The molecule has 1 aromatic rings. The smallest absolute Gasteiger partial charge is 0.243 e. The van der Waals surface area contributed by atoms with Gasteiger partial charge < -0.3 is 5.32 Å². The SMILES string of the molecule is CNCCC1CCN(S(=O)(=O)c2ccc(C)c(C)c2)CC1. The van der Waals surface area contributed by atoms with Crippen LogP contribution in [0.5, 0.6) is 0 Å². The van der Waals surface area contributed by atoms with Gasteiger partial charge in [-0.05, 0) is 75.9 Å². The molecule has 0 radical (unpaired) electrons. The van der Waals surface area contributed by atoms with Crippen molar-refractivity contribution >= 4 is 10.0 Å². The van der Waals surface area contributed by atoms with Crippen LogP contribution in [-0.2, 0) is 10.0 Å². The van der Waals surface area contributed by atoms with Crippen LogP contribution in [0.4, 0.5) is 0 Å². The molecule has 1 aromatic carbocycles. The number of nitrogens with zero attached hydrogens (tertiary/aromatic N) is 1. The highest BCUT2D eigenvalue weighted by Gasteiger charge is 2.29. The second-order valence-electron chi connectivity index (χ2n) is 5.99. The molecule has 1 aliphatic rings. The van der Waals surface area contributed by atoms with Crippen LogP contribution in [0.2, 0.25) is 0 Å². The zero-order valence-corrected chi connectivity index (χ0v) is 14.0. The summed E-state index contributed by atoms with van der Waals surface area (Å²) in [4.78, 5) is 0.430. The van der Waals surface area contributed by atoms with E-state index in [1.807, 2.05) is 27.0 Å². The third kappa shape index (κ3) is 3.84. The summed E-state index contributed by atoms with van der Waals surface area (Å²) in [6.45, 7) is 6.25. The number of piperidine rings is 1. The standard InChI is InChI=1S/C16H26N2O2S/c1-13-4-5-16(12-14(13)2)21(19,20)18-10-7-15(8-11-18)6-9-17-3/h4-5,12,15,17H,6-11H2,1-3H3. The van der Waals surface area contributed by atoms with Crippen molar-refractivity contribution in [1.82, 2.24) is 9.62 Å². The molecule has 0 atom stereocenters. The number of hydrogen-bond acceptors (Lipinski definition) is 3. The van der Waals surface area contributed by atoms with Crippen LogP contribution in [0, 0.1) is 19.8 Å². The summed E-state index contributed by atoms with van der Waals surface area (Å²) in [5.74, 6) is 0.642. The monoisotopic (exact) mass is 310 g/mol. The van der Waals surface area contributed by atoms with Crippen molar-refractivity contribution in [2.24, 2.45) is 5.92 Å². The molecule has 21 heavy (non-hydrogen) atoms. The highest BCUT2D eigenvalue weighted by molar-refractivity contribution is 7.89. The molecule has 1 fully saturated rings. The summed E-state index contributed by atoms with van der Waals surface area (Å²) >= 11 is 0. The number of nitrogens with one attached hydrogen (secondary N) is 1. The quantitative estimate of drug-likeness (QED) is 0.908. The summed E-state index contributed by atoms with van der Waals surface area (Å²) in [5, 5.41) is 3.16. The molecule has 0 spiro atoms. The molecular weight excluding hydrogens is 284 g/mol. The summed E-state index contributed by atoms with van der Waals surface area (Å²) < 4.78 is 27.0. The number of hydrogen-bond donors (Lipinski definition) is 1. The molecule has 0 bridgehead atoms. The van der Waals surface area contributed by atoms with Crippen molar-refractivity contribution in [2.75, 3.05) is 26.7 Å². The minimum Gasteiger partial charge on any atom is -0.320 e. The van der Waals surface area contributed by atoms with E-state index in [0.717, 1.165) is 36.9 Å². The Morgan fingerprint density at radius 2 is 1.86 bits per heavy atom. The van der Waals surface area contributed by atoms with Crippen LogP contribution in [0.25, 0.3) is 0 Å². The highest BCUT2D eigenvalue weighted by Crippen LogP contribution is 2.26. The van der Waals surface area contributed by atoms with Crippen LogP contribution < -0.4 is 5.32 Å². The van der Waals surface area contributed by atoms with E-state index >= 15 is 0 Å². The fraction of sp³-hybridized carbons (Fsp3) is 0.625. The van der Waals surface area contributed by atoms with E-state index in [-0.39, 0.29) is 0 Å². The topological polar surface area (TPSA) is 49.4 Å². The lowest BCUT2D eigenvalue weighted by molar-refractivity contribution is 0.263. The summed E-state index contributed by atoms with van der Waals surface area (Å²) in [7, 11) is -1.37. The van der Waals surface area contributed by atoms with Gasteiger partial charge in [-0.1, -0.05) is 6.07 Å². The van der Waals surface area contributed by atoms with Crippen LogP contribution >= 0.6 is 0 Å². The molecular formula is C16H26N2O2S. The van der Waals surface area contributed by atoms with Gasteiger partial charge in [-0.2, -0.15) is 4.31 Å². The maximum Gasteiger partial charge on any atom is 0.243 e. The number of sulfonamides is 1. The van der Waals surface area contributed by atoms with Crippen molar-refractivity contribution in [2.45, 2.75) is 38.0 Å². The lowest BCUT2D eigenvalue weighted by Crippen LogP contribution is -2.38. The molecule has 1 heterocycles. The lowest BCUT2D eigenvalue weighted by atomic mass is 9.95. The first-order valence-corrected chi connectivity index (χ1v) is 9.11. The van der Waals surface area contributed by atoms with Crippen LogP contribution in [0.3, 0.4) is 0 Å². The molecule has 0 aliphatic carbocycles. The first kappa shape index (κ1) is 16.5. The van der Waals surface area contributed by atoms with Gasteiger partial charge in [0.25, 0.3) is 0 Å². The van der Waals surface area contributed by atoms with E-state index in [1.165, 1.54) is 0 Å². The van der Waals surface area contributed by atoms with Crippen molar-refractivity contribution in [3.63, 3.8) is 0 Å². The molecule has 1 aliphatic heterocycles. The average Bonchev–Trinajstić information content (AvgIpc) is 2.48. The van der Waals surface area contributed by atoms with E-state index in [0.29, 0.717) is 23.9 Å². The highest BCUT2D eigenvalue weighted by atomic mass is 32.2. The normalized spacial score (nSPS) is 18.0. The van der Waals surface area contributed by atoms with E-state index in [1.54, 1.807) is 16.4 Å². The first-order chi connectivity index (χ1) is 9.95. The maximum absolute atomic E-state index is 12.7. The third-order valence-electron chi connectivity index (χ3n) is 4.49. The average molecular weight is 310 g/mol. The Hall–Kier alpha value is -0.910. The van der Waals surface area contributed by atoms with E-state index < -0.39 is 10.0 Å². The van der Waals surface area contributed by atoms with Crippen LogP contribution in [-0.4, -0.2) is 39.4 Å². The molecule has 0 aromatic heterocycles. The maximum atomic E-state index is 12.7. The minimum atomic E-state index is -3.33. The van der Waals surface area contributed by atoms with Gasteiger partial charge in [0.05, 0.1) is 4.90 Å². The zero-order valence-electron chi connectivity index (χ0n) is 13.2. The molecule has 0 unspecified atom stereocenters. The fourth-order valence-electron chi connectivity index (χ4n) is 2.81. The first-order valence-electron chi connectivity index (χ1n) is 7.67. The fourth-order valence-corrected chi connectivity index (χ4v) is 4.37. The molecule has 1 saturated heterocycles. The van der Waals surface area contributed by atoms with Crippen molar-refractivity contribution < 1.29 is 8.42 Å². The molecule has 1 N–H and O–H groups in total. The second kappa shape index (κ2) is 6.90. The summed E-state index contributed by atoms with van der Waals surface area (Å²) in [6.07, 6.45) is 3.06. The van der Waals surface area contributed by atoms with Gasteiger partial charge in [0.1, 0.15) is 0 Å². The van der Waals surface area contributed by atoms with E-state index in [9.17, 15) is 8.42 Å². The molecule has 0 amide bonds. The number of rotatable bonds is 5. The minimum absolute atomic E-state index is 0.430. The van der Waals surface area contributed by atoms with Crippen LogP contribution in [0.15, 0.2) is 23.1 Å². The molecule has 5 heteroatoms. The van der Waals surface area contributed by atoms with Gasteiger partial charge in [-0.3, -0.25) is 0 Å². The van der Waals surface area contributed by atoms with Gasteiger partial charge >= 0.3 is 0 Å². The van der Waals surface area contributed by atoms with Crippen molar-refractivity contribution in [3.8, 4) is 0 Å². The predicted molar refractivity (Wildman–Crippen MR) is 85.9 cm³/mol. The predicted octanol–water partition coefficient (Wildman–Crippen LogP) is 2.31. The number of aryl methyl sites for hydroxylation is 2. The Morgan fingerprint density at radius 3 is 2.43 bits per heavy atom. The second-order valence-corrected chi connectivity index (χ2v) is 7.92. The van der Waals surface area contributed by atoms with Gasteiger partial charge in [-0.15, -0.1) is 0 Å². The largest absolute Gasteiger partial charge is 0.320 e. The molecule has 4 nitrogen and oxygen atoms in total. The Morgan fingerprint density at radius 1 is 1.19 bits per heavy atom. The van der Waals surface area contributed by atoms with Gasteiger partial charge in [0, 0.05) is 13.1 Å². The Kier molecular flexibility index (Phi) is 5.41. The van der Waals surface area contributed by atoms with Gasteiger partial charge in [-0.25, -0.2) is 8.42 Å². The summed E-state index contributed by atoms with van der Waals surface area (Å²) in [6, 6.07) is 5.41. The third-order valence-corrected chi connectivity index (χ3v) is 6.39. The molecule has 118 valence electrons. The molecule has 0 saturated carbocycles. The van der Waals surface area contributed by atoms with Crippen molar-refractivity contribution in [1.29, 1.82) is 0 Å². The lowest BCUT2D eigenvalue weighted by Gasteiger charge is -2.31. The van der Waals surface area contributed by atoms with Crippen molar-refractivity contribution in [3.05, 3.63) is 29.3 Å². The zero-order chi connectivity index (χ0) is 15.5. The summed E-state index contributed by atoms with van der Waals surface area (Å²) in [5.41, 5.74) is 2.15. The van der Waals surface area contributed by atoms with Gasteiger partial charge in [0.2, 0.25) is 10.0 Å². The van der Waals surface area contributed by atoms with Crippen LogP contribution in [0.1, 0.15) is 30.4 Å². The Labute approximate surface area is 128 Å².